The minimum atomic E-state index is -1.97. The molecule has 2 aromatic carbocycles. The number of carbonyl (C=O) groups is 1. The number of phenols is 4. The van der Waals surface area contributed by atoms with Crippen LogP contribution in [-0.4, -0.2) is 143 Å². The summed E-state index contributed by atoms with van der Waals surface area (Å²) in [6.07, 6.45) is -20.4. The van der Waals surface area contributed by atoms with Crippen LogP contribution in [0.1, 0.15) is 22.0 Å². The van der Waals surface area contributed by atoms with E-state index in [1.54, 1.807) is 0 Å². The molecule has 0 saturated carbocycles. The maximum absolute atomic E-state index is 13.6. The Bertz CT molecular complexity index is 1350. The Balaban J connectivity index is 1.39. The number of aromatic hydroxyl groups is 4. The fourth-order valence-corrected chi connectivity index (χ4v) is 5.20. The van der Waals surface area contributed by atoms with E-state index in [1.807, 2.05) is 0 Å². The highest BCUT2D eigenvalue weighted by atomic mass is 16.7. The monoisotopic (exact) mass is 628 g/mol. The SMILES string of the molecule is O=C1c2c(O)cc(O)cc2OC(c2ccc(O)c(O)c2)C1OC1OC(COC2OC(CO)C(O)C(O)C2O)C(O)C(O)C1O. The van der Waals surface area contributed by atoms with Gasteiger partial charge < -0.3 is 79.9 Å². The first-order chi connectivity index (χ1) is 20.8. The van der Waals surface area contributed by atoms with Crippen LogP contribution in [0.15, 0.2) is 30.3 Å². The van der Waals surface area contributed by atoms with Crippen molar-refractivity contribution in [3.8, 4) is 28.7 Å². The fourth-order valence-electron chi connectivity index (χ4n) is 5.20. The molecule has 12 atom stereocenters. The molecule has 11 N–H and O–H groups in total. The van der Waals surface area contributed by atoms with Crippen LogP contribution in [0.25, 0.3) is 0 Å². The van der Waals surface area contributed by atoms with Crippen LogP contribution in [-0.2, 0) is 18.9 Å². The molecule has 2 fully saturated rings. The third-order valence-corrected chi connectivity index (χ3v) is 7.65. The van der Waals surface area contributed by atoms with Crippen molar-refractivity contribution >= 4 is 5.78 Å². The summed E-state index contributed by atoms with van der Waals surface area (Å²) in [5.41, 5.74) is -0.332. The Morgan fingerprint density at radius 1 is 0.705 bits per heavy atom. The van der Waals surface area contributed by atoms with Gasteiger partial charge in [0.15, 0.2) is 36.3 Å². The number of phenolic OH excluding ortho intramolecular Hbond substituents is 4. The van der Waals surface area contributed by atoms with Crippen molar-refractivity contribution in [1.29, 1.82) is 0 Å². The van der Waals surface area contributed by atoms with E-state index in [-0.39, 0.29) is 11.3 Å². The Labute approximate surface area is 247 Å². The number of fused-ring (bicyclic) bond motifs is 1. The van der Waals surface area contributed by atoms with Gasteiger partial charge in [-0.1, -0.05) is 6.07 Å². The second kappa shape index (κ2) is 12.6. The summed E-state index contributed by atoms with van der Waals surface area (Å²) in [5.74, 6) is -3.36. The van der Waals surface area contributed by atoms with Gasteiger partial charge in [0.05, 0.1) is 13.2 Å². The highest BCUT2D eigenvalue weighted by Crippen LogP contribution is 2.44. The lowest BCUT2D eigenvalue weighted by Crippen LogP contribution is -2.62. The fraction of sp³-hybridized carbons (Fsp3) is 0.519. The highest BCUT2D eigenvalue weighted by molar-refractivity contribution is 6.05. The predicted molar refractivity (Wildman–Crippen MR) is 139 cm³/mol. The van der Waals surface area contributed by atoms with E-state index in [9.17, 15) is 61.0 Å². The van der Waals surface area contributed by atoms with E-state index >= 15 is 0 Å². The van der Waals surface area contributed by atoms with Crippen molar-refractivity contribution in [2.24, 2.45) is 0 Å². The van der Waals surface area contributed by atoms with Gasteiger partial charge in [-0.2, -0.15) is 0 Å². The highest BCUT2D eigenvalue weighted by Gasteiger charge is 2.50. The summed E-state index contributed by atoms with van der Waals surface area (Å²) in [6.45, 7) is -1.40. The van der Waals surface area contributed by atoms with E-state index in [2.05, 4.69) is 0 Å². The lowest BCUT2D eigenvalue weighted by Gasteiger charge is -2.44. The number of Topliss-reactive ketones (excluding diaryl/α,β-unsaturated/α-hetero) is 1. The third-order valence-electron chi connectivity index (χ3n) is 7.65. The molecular formula is C27H32O17. The molecule has 17 heteroatoms. The van der Waals surface area contributed by atoms with E-state index in [1.165, 1.54) is 6.07 Å². The molecule has 17 nitrogen and oxygen atoms in total. The number of aliphatic hydroxyl groups excluding tert-OH is 7. The van der Waals surface area contributed by atoms with Gasteiger partial charge in [-0.05, 0) is 17.7 Å². The van der Waals surface area contributed by atoms with E-state index in [4.69, 9.17) is 23.7 Å². The lowest BCUT2D eigenvalue weighted by molar-refractivity contribution is -0.335. The molecule has 5 rings (SSSR count). The number of carbonyl (C=O) groups excluding carboxylic acids is 1. The number of hydrogen-bond acceptors (Lipinski definition) is 17. The molecule has 242 valence electrons. The van der Waals surface area contributed by atoms with Gasteiger partial charge in [0, 0.05) is 12.1 Å². The van der Waals surface area contributed by atoms with E-state index < -0.39 is 121 Å². The van der Waals surface area contributed by atoms with Gasteiger partial charge in [0.1, 0.15) is 71.6 Å². The number of ketones is 1. The first kappa shape index (κ1) is 32.1. The van der Waals surface area contributed by atoms with Gasteiger partial charge >= 0.3 is 0 Å². The van der Waals surface area contributed by atoms with Gasteiger partial charge in [0.25, 0.3) is 0 Å². The minimum Gasteiger partial charge on any atom is -0.508 e. The van der Waals surface area contributed by atoms with E-state index in [0.717, 1.165) is 24.3 Å². The molecule has 0 spiro atoms. The molecule has 44 heavy (non-hydrogen) atoms. The Morgan fingerprint density at radius 2 is 1.34 bits per heavy atom. The summed E-state index contributed by atoms with van der Waals surface area (Å²) in [6, 6.07) is 5.37. The molecule has 2 saturated heterocycles. The summed E-state index contributed by atoms with van der Waals surface area (Å²) in [5, 5.41) is 111. The molecule has 3 heterocycles. The van der Waals surface area contributed by atoms with Crippen LogP contribution in [0.3, 0.4) is 0 Å². The molecule has 2 aromatic rings. The molecule has 0 amide bonds. The van der Waals surface area contributed by atoms with Crippen LogP contribution in [0.4, 0.5) is 0 Å². The topological polar surface area (TPSA) is 286 Å². The van der Waals surface area contributed by atoms with E-state index in [0.29, 0.717) is 0 Å². The summed E-state index contributed by atoms with van der Waals surface area (Å²) < 4.78 is 27.9. The molecule has 0 aliphatic carbocycles. The van der Waals surface area contributed by atoms with Gasteiger partial charge in [-0.3, -0.25) is 4.79 Å². The maximum atomic E-state index is 13.6. The zero-order valence-electron chi connectivity index (χ0n) is 22.6. The maximum Gasteiger partial charge on any atom is 0.203 e. The minimum absolute atomic E-state index is 0.0699. The second-order valence-electron chi connectivity index (χ2n) is 10.6. The van der Waals surface area contributed by atoms with Gasteiger partial charge in [0.2, 0.25) is 5.78 Å². The van der Waals surface area contributed by atoms with Crippen molar-refractivity contribution < 1.29 is 84.7 Å². The molecule has 3 aliphatic heterocycles. The summed E-state index contributed by atoms with van der Waals surface area (Å²) in [4.78, 5) is 13.6. The molecule has 0 bridgehead atoms. The number of benzene rings is 2. The first-order valence-corrected chi connectivity index (χ1v) is 13.4. The second-order valence-corrected chi connectivity index (χ2v) is 10.6. The van der Waals surface area contributed by atoms with Crippen LogP contribution in [0.2, 0.25) is 0 Å². The van der Waals surface area contributed by atoms with Crippen LogP contribution < -0.4 is 4.74 Å². The Kier molecular flexibility index (Phi) is 9.17. The van der Waals surface area contributed by atoms with Crippen molar-refractivity contribution in [2.45, 2.75) is 73.6 Å². The van der Waals surface area contributed by atoms with Crippen LogP contribution in [0.5, 0.6) is 28.7 Å². The third kappa shape index (κ3) is 5.87. The number of rotatable bonds is 7. The van der Waals surface area contributed by atoms with Crippen molar-refractivity contribution in [2.75, 3.05) is 13.2 Å². The predicted octanol–water partition coefficient (Wildman–Crippen LogP) is -3.17. The Morgan fingerprint density at radius 3 is 2.00 bits per heavy atom. The zero-order chi connectivity index (χ0) is 32.0. The normalized spacial score (nSPS) is 37.3. The average Bonchev–Trinajstić information content (AvgIpc) is 2.98. The van der Waals surface area contributed by atoms with Gasteiger partial charge in [-0.15, -0.1) is 0 Å². The number of aliphatic hydroxyl groups is 7. The molecule has 3 aliphatic rings. The number of hydrogen-bond donors (Lipinski definition) is 11. The summed E-state index contributed by atoms with van der Waals surface area (Å²) in [7, 11) is 0. The van der Waals surface area contributed by atoms with Crippen molar-refractivity contribution in [3.63, 3.8) is 0 Å². The Hall–Kier alpha value is -3.33. The smallest absolute Gasteiger partial charge is 0.203 e. The molecule has 0 radical (unpaired) electrons. The zero-order valence-corrected chi connectivity index (χ0v) is 22.6. The van der Waals surface area contributed by atoms with Crippen molar-refractivity contribution in [1.82, 2.24) is 0 Å². The quantitative estimate of drug-likeness (QED) is 0.135. The first-order valence-electron chi connectivity index (χ1n) is 13.4. The van der Waals surface area contributed by atoms with Crippen LogP contribution in [0, 0.1) is 0 Å². The standard InChI is InChI=1S/C27H32O17/c28-6-14-17(33)20(36)22(38)26(42-14)40-7-15-18(34)21(37)23(39)27(43-15)44-25-19(35)16-12(32)4-9(29)5-13(16)41-24(25)8-1-2-10(30)11(31)3-8/h1-5,14-15,17-18,20-34,36-39H,6-7H2. The van der Waals surface area contributed by atoms with Crippen molar-refractivity contribution in [3.05, 3.63) is 41.5 Å². The molecule has 0 aromatic heterocycles. The largest absolute Gasteiger partial charge is 0.508 e. The summed E-state index contributed by atoms with van der Waals surface area (Å²) >= 11 is 0. The van der Waals surface area contributed by atoms with Crippen LogP contribution >= 0.6 is 0 Å². The molecular weight excluding hydrogens is 596 g/mol. The lowest BCUT2D eigenvalue weighted by atomic mass is 9.92. The molecule has 12 unspecified atom stereocenters. The number of ether oxygens (including phenoxy) is 5. The van der Waals surface area contributed by atoms with Gasteiger partial charge in [-0.25, -0.2) is 0 Å². The average molecular weight is 629 g/mol.